The molecule has 1 heterocycles. The first-order chi connectivity index (χ1) is 9.79. The highest BCUT2D eigenvalue weighted by molar-refractivity contribution is 7.90. The van der Waals surface area contributed by atoms with Crippen molar-refractivity contribution in [3.8, 4) is 0 Å². The molecule has 1 aliphatic heterocycles. The van der Waals surface area contributed by atoms with Crippen LogP contribution < -0.4 is 10.6 Å². The van der Waals surface area contributed by atoms with Gasteiger partial charge in [0, 0.05) is 37.4 Å². The van der Waals surface area contributed by atoms with Crippen molar-refractivity contribution in [2.75, 3.05) is 25.9 Å². The minimum atomic E-state index is -3.36. The maximum atomic E-state index is 12.1. The average Bonchev–Trinajstić information content (AvgIpc) is 2.80. The SMILES string of the molecule is Cc1ccc(C(=O)NCC2CNCC2O)cc1S(C)(=O)=O.Cl. The molecule has 2 unspecified atom stereocenters. The zero-order valence-corrected chi connectivity index (χ0v) is 14.1. The predicted molar refractivity (Wildman–Crippen MR) is 86.2 cm³/mol. The number of carbonyl (C=O) groups excluding carboxylic acids is 1. The van der Waals surface area contributed by atoms with Gasteiger partial charge in [0.05, 0.1) is 11.0 Å². The van der Waals surface area contributed by atoms with E-state index in [9.17, 15) is 18.3 Å². The van der Waals surface area contributed by atoms with Crippen molar-refractivity contribution in [3.05, 3.63) is 29.3 Å². The number of rotatable bonds is 4. The molecule has 124 valence electrons. The highest BCUT2D eigenvalue weighted by Gasteiger charge is 2.25. The van der Waals surface area contributed by atoms with E-state index in [2.05, 4.69) is 10.6 Å². The molecule has 1 saturated heterocycles. The van der Waals surface area contributed by atoms with Crippen molar-refractivity contribution < 1.29 is 18.3 Å². The minimum absolute atomic E-state index is 0. The number of carbonyl (C=O) groups is 1. The molecule has 3 N–H and O–H groups in total. The maximum Gasteiger partial charge on any atom is 0.251 e. The first-order valence-electron chi connectivity index (χ1n) is 6.76. The number of halogens is 1. The zero-order chi connectivity index (χ0) is 15.6. The van der Waals surface area contributed by atoms with Gasteiger partial charge in [0.15, 0.2) is 9.84 Å². The van der Waals surface area contributed by atoms with Gasteiger partial charge in [-0.05, 0) is 24.6 Å². The number of sulfone groups is 1. The maximum absolute atomic E-state index is 12.1. The Hall–Kier alpha value is -1.15. The van der Waals surface area contributed by atoms with Crippen LogP contribution in [0.2, 0.25) is 0 Å². The van der Waals surface area contributed by atoms with E-state index in [1.165, 1.54) is 6.07 Å². The first kappa shape index (κ1) is 18.9. The summed E-state index contributed by atoms with van der Waals surface area (Å²) in [4.78, 5) is 12.3. The number of aryl methyl sites for hydroxylation is 1. The highest BCUT2D eigenvalue weighted by Crippen LogP contribution is 2.17. The number of aliphatic hydroxyl groups is 1. The van der Waals surface area contributed by atoms with Gasteiger partial charge >= 0.3 is 0 Å². The zero-order valence-electron chi connectivity index (χ0n) is 12.5. The first-order valence-corrected chi connectivity index (χ1v) is 8.66. The number of hydrogen-bond acceptors (Lipinski definition) is 5. The molecule has 0 radical (unpaired) electrons. The average molecular weight is 349 g/mol. The lowest BCUT2D eigenvalue weighted by atomic mass is 10.1. The van der Waals surface area contributed by atoms with E-state index in [4.69, 9.17) is 0 Å². The molecule has 0 spiro atoms. The molecule has 22 heavy (non-hydrogen) atoms. The number of hydrogen-bond donors (Lipinski definition) is 3. The van der Waals surface area contributed by atoms with Crippen molar-refractivity contribution in [1.82, 2.24) is 10.6 Å². The van der Waals surface area contributed by atoms with Gasteiger partial charge in [-0.1, -0.05) is 6.07 Å². The van der Waals surface area contributed by atoms with Gasteiger partial charge in [0.1, 0.15) is 0 Å². The third-order valence-corrected chi connectivity index (χ3v) is 4.92. The number of benzene rings is 1. The Morgan fingerprint density at radius 2 is 2.09 bits per heavy atom. The van der Waals surface area contributed by atoms with Crippen LogP contribution in [-0.2, 0) is 9.84 Å². The van der Waals surface area contributed by atoms with E-state index in [-0.39, 0.29) is 29.1 Å². The molecule has 0 bridgehead atoms. The Morgan fingerprint density at radius 3 is 2.64 bits per heavy atom. The third-order valence-electron chi connectivity index (χ3n) is 3.68. The molecule has 0 aliphatic carbocycles. The van der Waals surface area contributed by atoms with Crippen LogP contribution in [0, 0.1) is 12.8 Å². The van der Waals surface area contributed by atoms with E-state index in [0.717, 1.165) is 6.26 Å². The molecule has 1 aromatic rings. The number of nitrogens with one attached hydrogen (secondary N) is 2. The molecule has 6 nitrogen and oxygen atoms in total. The summed E-state index contributed by atoms with van der Waals surface area (Å²) < 4.78 is 23.3. The van der Waals surface area contributed by atoms with Gasteiger partial charge in [-0.3, -0.25) is 4.79 Å². The molecule has 0 saturated carbocycles. The van der Waals surface area contributed by atoms with Crippen molar-refractivity contribution in [1.29, 1.82) is 0 Å². The lowest BCUT2D eigenvalue weighted by Gasteiger charge is -2.14. The Morgan fingerprint density at radius 1 is 1.41 bits per heavy atom. The van der Waals surface area contributed by atoms with Crippen LogP contribution in [0.3, 0.4) is 0 Å². The van der Waals surface area contributed by atoms with Crippen LogP contribution in [-0.4, -0.2) is 51.4 Å². The second-order valence-corrected chi connectivity index (χ2v) is 7.43. The standard InChI is InChI=1S/C14H20N2O4S.ClH/c1-9-3-4-10(5-13(9)21(2,19)20)14(18)16-7-11-6-15-8-12(11)17;/h3-5,11-12,15,17H,6-8H2,1-2H3,(H,16,18);1H. The van der Waals surface area contributed by atoms with Crippen molar-refractivity contribution in [3.63, 3.8) is 0 Å². The second-order valence-electron chi connectivity index (χ2n) is 5.45. The fourth-order valence-electron chi connectivity index (χ4n) is 2.39. The summed E-state index contributed by atoms with van der Waals surface area (Å²) in [5.74, 6) is -0.354. The third kappa shape index (κ3) is 4.42. The smallest absolute Gasteiger partial charge is 0.251 e. The summed E-state index contributed by atoms with van der Waals surface area (Å²) >= 11 is 0. The quantitative estimate of drug-likeness (QED) is 0.719. The second kappa shape index (κ2) is 7.41. The Labute approximate surface area is 136 Å². The number of amides is 1. The lowest BCUT2D eigenvalue weighted by Crippen LogP contribution is -2.34. The van der Waals surface area contributed by atoms with Crippen LogP contribution in [0.15, 0.2) is 23.1 Å². The van der Waals surface area contributed by atoms with Crippen LogP contribution in [0.5, 0.6) is 0 Å². The molecule has 2 rings (SSSR count). The summed E-state index contributed by atoms with van der Waals surface area (Å²) in [6.45, 7) is 3.24. The summed E-state index contributed by atoms with van der Waals surface area (Å²) in [5.41, 5.74) is 0.922. The van der Waals surface area contributed by atoms with Crippen LogP contribution in [0.1, 0.15) is 15.9 Å². The van der Waals surface area contributed by atoms with Gasteiger partial charge < -0.3 is 15.7 Å². The van der Waals surface area contributed by atoms with Gasteiger partial charge in [-0.15, -0.1) is 12.4 Å². The lowest BCUT2D eigenvalue weighted by molar-refractivity contribution is 0.0927. The van der Waals surface area contributed by atoms with Crippen LogP contribution >= 0.6 is 12.4 Å². The number of β-amino-alcohol motifs (C(OH)–C–C–N with tert-alkyl or cyclic N) is 1. The molecule has 1 aromatic carbocycles. The fourth-order valence-corrected chi connectivity index (χ4v) is 3.39. The minimum Gasteiger partial charge on any atom is -0.391 e. The predicted octanol–water partition coefficient (Wildman–Crippen LogP) is 0.130. The van der Waals surface area contributed by atoms with Crippen LogP contribution in [0.4, 0.5) is 0 Å². The fraction of sp³-hybridized carbons (Fsp3) is 0.500. The topological polar surface area (TPSA) is 95.5 Å². The summed E-state index contributed by atoms with van der Waals surface area (Å²) in [6.07, 6.45) is 0.660. The molecule has 8 heteroatoms. The highest BCUT2D eigenvalue weighted by atomic mass is 35.5. The normalized spacial score (nSPS) is 21.2. The molecule has 2 atom stereocenters. The Balaban J connectivity index is 0.00000242. The summed E-state index contributed by atoms with van der Waals surface area (Å²) in [6, 6.07) is 4.61. The van der Waals surface area contributed by atoms with E-state index in [0.29, 0.717) is 30.8 Å². The van der Waals surface area contributed by atoms with E-state index < -0.39 is 15.9 Å². The van der Waals surface area contributed by atoms with E-state index >= 15 is 0 Å². The molecule has 0 aromatic heterocycles. The summed E-state index contributed by atoms with van der Waals surface area (Å²) in [7, 11) is -3.36. The number of aliphatic hydroxyl groups excluding tert-OH is 1. The van der Waals surface area contributed by atoms with E-state index in [1.807, 2.05) is 0 Å². The van der Waals surface area contributed by atoms with Gasteiger partial charge in [0.25, 0.3) is 5.91 Å². The van der Waals surface area contributed by atoms with Crippen LogP contribution in [0.25, 0.3) is 0 Å². The van der Waals surface area contributed by atoms with Crippen molar-refractivity contribution in [2.24, 2.45) is 5.92 Å². The van der Waals surface area contributed by atoms with Crippen molar-refractivity contribution >= 4 is 28.2 Å². The Bertz CT molecular complexity index is 648. The van der Waals surface area contributed by atoms with Crippen molar-refractivity contribution in [2.45, 2.75) is 17.9 Å². The Kier molecular flexibility index (Phi) is 6.37. The molecular formula is C14H21ClN2O4S. The van der Waals surface area contributed by atoms with Gasteiger partial charge in [0.2, 0.25) is 0 Å². The molecule has 1 aliphatic rings. The van der Waals surface area contributed by atoms with Gasteiger partial charge in [-0.25, -0.2) is 8.42 Å². The molecule has 1 fully saturated rings. The molecule has 1 amide bonds. The molecular weight excluding hydrogens is 328 g/mol. The van der Waals surface area contributed by atoms with Gasteiger partial charge in [-0.2, -0.15) is 0 Å². The van der Waals surface area contributed by atoms with E-state index in [1.54, 1.807) is 19.1 Å². The monoisotopic (exact) mass is 348 g/mol. The largest absolute Gasteiger partial charge is 0.391 e. The summed E-state index contributed by atoms with van der Waals surface area (Å²) in [5, 5.41) is 15.4.